The summed E-state index contributed by atoms with van der Waals surface area (Å²) in [4.78, 5) is 5.72. The topological polar surface area (TPSA) is 17.8 Å². The van der Waals surface area contributed by atoms with E-state index >= 15 is 0 Å². The number of aryl methyl sites for hydroxylation is 1. The summed E-state index contributed by atoms with van der Waals surface area (Å²) >= 11 is 5.11. The first-order chi connectivity index (χ1) is 12.1. The van der Waals surface area contributed by atoms with Crippen LogP contribution < -0.4 is 0 Å². The Bertz CT molecular complexity index is 1040. The van der Waals surface area contributed by atoms with Crippen molar-refractivity contribution in [3.63, 3.8) is 0 Å². The van der Waals surface area contributed by atoms with Gasteiger partial charge in [-0.15, -0.1) is 0 Å². The Morgan fingerprint density at radius 3 is 2.48 bits per heavy atom. The fourth-order valence-electron chi connectivity index (χ4n) is 2.70. The van der Waals surface area contributed by atoms with Crippen molar-refractivity contribution in [3.8, 4) is 11.1 Å². The van der Waals surface area contributed by atoms with Crippen LogP contribution in [0.2, 0.25) is 0 Å². The average Bonchev–Trinajstić information content (AvgIpc) is 2.95. The van der Waals surface area contributed by atoms with Crippen LogP contribution in [0.25, 0.3) is 22.2 Å². The monoisotopic (exact) mass is 412 g/mol. The number of hydrogen-bond donors (Lipinski definition) is 0. The second-order valence-electron chi connectivity index (χ2n) is 5.80. The van der Waals surface area contributed by atoms with E-state index in [1.165, 1.54) is 17.7 Å². The SMILES string of the molecule is Cc1ccc(Sn2cc(-c3ccc(F)cc3)c3cc(Br)cnc32)cc1. The van der Waals surface area contributed by atoms with Crippen molar-refractivity contribution in [2.45, 2.75) is 11.8 Å². The molecule has 2 aromatic heterocycles. The number of halogens is 2. The zero-order chi connectivity index (χ0) is 17.4. The third-order valence-electron chi connectivity index (χ3n) is 3.96. The molecule has 25 heavy (non-hydrogen) atoms. The lowest BCUT2D eigenvalue weighted by Gasteiger charge is -2.04. The normalized spacial score (nSPS) is 11.2. The molecular weight excluding hydrogens is 399 g/mol. The molecule has 0 aliphatic carbocycles. The summed E-state index contributed by atoms with van der Waals surface area (Å²) in [6.45, 7) is 2.07. The van der Waals surface area contributed by atoms with Gasteiger partial charge in [0.1, 0.15) is 5.82 Å². The largest absolute Gasteiger partial charge is 0.270 e. The van der Waals surface area contributed by atoms with Gasteiger partial charge in [-0.1, -0.05) is 29.8 Å². The van der Waals surface area contributed by atoms with Crippen LogP contribution in [0.5, 0.6) is 0 Å². The molecule has 4 rings (SSSR count). The standard InChI is InChI=1S/C20H14BrFN2S/c1-13-2-8-17(9-3-13)25-24-12-19(14-4-6-16(22)7-5-14)18-10-15(21)11-23-20(18)24/h2-12H,1H3. The fraction of sp³-hybridized carbons (Fsp3) is 0.0500. The minimum absolute atomic E-state index is 0.235. The number of nitrogens with zero attached hydrogens (tertiary/aromatic N) is 2. The van der Waals surface area contributed by atoms with Gasteiger partial charge in [0.15, 0.2) is 5.65 Å². The molecule has 124 valence electrons. The van der Waals surface area contributed by atoms with Crippen LogP contribution in [0.15, 0.2) is 76.4 Å². The number of rotatable bonds is 3. The van der Waals surface area contributed by atoms with Crippen LogP contribution in [0.4, 0.5) is 4.39 Å². The van der Waals surface area contributed by atoms with Crippen molar-refractivity contribution in [3.05, 3.63) is 82.8 Å². The molecule has 0 saturated carbocycles. The van der Waals surface area contributed by atoms with Gasteiger partial charge in [0.2, 0.25) is 0 Å². The van der Waals surface area contributed by atoms with Crippen LogP contribution >= 0.6 is 27.9 Å². The molecule has 0 aliphatic heterocycles. The number of hydrogen-bond acceptors (Lipinski definition) is 2. The predicted molar refractivity (Wildman–Crippen MR) is 105 cm³/mol. The quantitative estimate of drug-likeness (QED) is 0.383. The number of fused-ring (bicyclic) bond motifs is 1. The van der Waals surface area contributed by atoms with E-state index in [0.717, 1.165) is 31.5 Å². The summed E-state index contributed by atoms with van der Waals surface area (Å²) < 4.78 is 16.3. The average molecular weight is 413 g/mol. The lowest BCUT2D eigenvalue weighted by Crippen LogP contribution is -1.87. The van der Waals surface area contributed by atoms with Crippen molar-refractivity contribution < 1.29 is 4.39 Å². The Balaban J connectivity index is 1.84. The first-order valence-electron chi connectivity index (χ1n) is 7.78. The molecule has 0 N–H and O–H groups in total. The highest BCUT2D eigenvalue weighted by Crippen LogP contribution is 2.35. The Morgan fingerprint density at radius 1 is 1.04 bits per heavy atom. The molecule has 0 fully saturated rings. The second-order valence-corrected chi connectivity index (χ2v) is 7.77. The maximum atomic E-state index is 13.3. The third kappa shape index (κ3) is 3.34. The molecule has 0 spiro atoms. The lowest BCUT2D eigenvalue weighted by molar-refractivity contribution is 0.628. The maximum absolute atomic E-state index is 13.3. The van der Waals surface area contributed by atoms with E-state index in [1.807, 2.05) is 6.07 Å². The second kappa shape index (κ2) is 6.65. The van der Waals surface area contributed by atoms with Gasteiger partial charge in [-0.3, -0.25) is 3.97 Å². The van der Waals surface area contributed by atoms with E-state index in [9.17, 15) is 4.39 Å². The van der Waals surface area contributed by atoms with Crippen LogP contribution in [0, 0.1) is 12.7 Å². The molecule has 0 aliphatic rings. The van der Waals surface area contributed by atoms with Crippen LogP contribution in [-0.4, -0.2) is 8.96 Å². The summed E-state index contributed by atoms with van der Waals surface area (Å²) in [7, 11) is 0. The van der Waals surface area contributed by atoms with Crippen LogP contribution in [0.1, 0.15) is 5.56 Å². The summed E-state index contributed by atoms with van der Waals surface area (Å²) in [5.74, 6) is -0.235. The first kappa shape index (κ1) is 16.4. The molecule has 0 atom stereocenters. The molecule has 0 bridgehead atoms. The molecule has 2 nitrogen and oxygen atoms in total. The zero-order valence-corrected chi connectivity index (χ0v) is 15.8. The van der Waals surface area contributed by atoms with Crippen molar-refractivity contribution in [2.75, 3.05) is 0 Å². The van der Waals surface area contributed by atoms with E-state index in [-0.39, 0.29) is 5.82 Å². The zero-order valence-electron chi connectivity index (χ0n) is 13.4. The van der Waals surface area contributed by atoms with Crippen molar-refractivity contribution >= 4 is 38.9 Å². The van der Waals surface area contributed by atoms with Gasteiger partial charge < -0.3 is 0 Å². The van der Waals surface area contributed by atoms with E-state index in [1.54, 1.807) is 30.3 Å². The molecule has 5 heteroatoms. The third-order valence-corrected chi connectivity index (χ3v) is 5.35. The van der Waals surface area contributed by atoms with Gasteiger partial charge in [-0.25, -0.2) is 9.37 Å². The minimum atomic E-state index is -0.235. The summed E-state index contributed by atoms with van der Waals surface area (Å²) in [5, 5.41) is 1.03. The van der Waals surface area contributed by atoms with Crippen LogP contribution in [0.3, 0.4) is 0 Å². The van der Waals surface area contributed by atoms with Gasteiger partial charge >= 0.3 is 0 Å². The summed E-state index contributed by atoms with van der Waals surface area (Å²) in [5.41, 5.74) is 4.11. The van der Waals surface area contributed by atoms with Crippen molar-refractivity contribution in [2.24, 2.45) is 0 Å². The Hall–Kier alpha value is -2.11. The highest BCUT2D eigenvalue weighted by molar-refractivity contribution is 9.10. The number of pyridine rings is 1. The first-order valence-corrected chi connectivity index (χ1v) is 9.34. The molecule has 0 unspecified atom stereocenters. The van der Waals surface area contributed by atoms with E-state index in [2.05, 4.69) is 62.3 Å². The molecular formula is C20H14BrFN2S. The summed E-state index contributed by atoms with van der Waals surface area (Å²) in [6, 6.07) is 17.0. The summed E-state index contributed by atoms with van der Waals surface area (Å²) in [6.07, 6.45) is 3.85. The molecule has 4 aromatic rings. The minimum Gasteiger partial charge on any atom is -0.270 e. The van der Waals surface area contributed by atoms with Gasteiger partial charge in [0.25, 0.3) is 0 Å². The molecule has 0 saturated heterocycles. The van der Waals surface area contributed by atoms with Crippen molar-refractivity contribution in [1.29, 1.82) is 0 Å². The molecule has 0 radical (unpaired) electrons. The van der Waals surface area contributed by atoms with Gasteiger partial charge in [-0.2, -0.15) is 0 Å². The van der Waals surface area contributed by atoms with Crippen LogP contribution in [-0.2, 0) is 0 Å². The highest BCUT2D eigenvalue weighted by Gasteiger charge is 2.13. The van der Waals surface area contributed by atoms with Crippen molar-refractivity contribution in [1.82, 2.24) is 8.96 Å². The number of aromatic nitrogens is 2. The van der Waals surface area contributed by atoms with E-state index in [4.69, 9.17) is 0 Å². The van der Waals surface area contributed by atoms with Gasteiger partial charge in [0, 0.05) is 32.7 Å². The van der Waals surface area contributed by atoms with Gasteiger partial charge in [-0.05, 0) is 70.7 Å². The molecule has 2 heterocycles. The van der Waals surface area contributed by atoms with Gasteiger partial charge in [0.05, 0.1) is 0 Å². The van der Waals surface area contributed by atoms with E-state index in [0.29, 0.717) is 0 Å². The smallest absolute Gasteiger partial charge is 0.150 e. The lowest BCUT2D eigenvalue weighted by atomic mass is 10.1. The Labute approximate surface area is 158 Å². The molecule has 0 amide bonds. The predicted octanol–water partition coefficient (Wildman–Crippen LogP) is 6.47. The Morgan fingerprint density at radius 2 is 1.76 bits per heavy atom. The van der Waals surface area contributed by atoms with E-state index < -0.39 is 0 Å². The number of benzene rings is 2. The Kier molecular flexibility index (Phi) is 4.36. The maximum Gasteiger partial charge on any atom is 0.150 e. The fourth-order valence-corrected chi connectivity index (χ4v) is 3.90. The highest BCUT2D eigenvalue weighted by atomic mass is 79.9. The molecule has 2 aromatic carbocycles.